The van der Waals surface area contributed by atoms with E-state index in [9.17, 15) is 23.1 Å². The van der Waals surface area contributed by atoms with Crippen molar-refractivity contribution in [3.05, 3.63) is 65.0 Å². The van der Waals surface area contributed by atoms with Gasteiger partial charge in [0.15, 0.2) is 0 Å². The predicted molar refractivity (Wildman–Crippen MR) is 105 cm³/mol. The fourth-order valence-electron chi connectivity index (χ4n) is 3.21. The van der Waals surface area contributed by atoms with Crippen LogP contribution < -0.4 is 15.3 Å². The SMILES string of the molecule is CCN(CC)c1cnccc1Cn1cc(O)n(-c2ccc(OC(F)(F)F)cc2)c1=O. The highest BCUT2D eigenvalue weighted by molar-refractivity contribution is 5.51. The van der Waals surface area contributed by atoms with Crippen LogP contribution in [0.3, 0.4) is 0 Å². The van der Waals surface area contributed by atoms with E-state index in [1.54, 1.807) is 18.5 Å². The van der Waals surface area contributed by atoms with Crippen molar-refractivity contribution in [3.8, 4) is 17.3 Å². The molecule has 0 spiro atoms. The molecule has 0 bridgehead atoms. The van der Waals surface area contributed by atoms with E-state index in [1.807, 2.05) is 13.8 Å². The number of nitrogens with zero attached hydrogens (tertiary/aromatic N) is 4. The molecule has 10 heteroatoms. The first-order valence-electron chi connectivity index (χ1n) is 9.28. The number of benzene rings is 1. The zero-order chi connectivity index (χ0) is 21.9. The first-order valence-corrected chi connectivity index (χ1v) is 9.28. The minimum Gasteiger partial charge on any atom is -0.493 e. The number of alkyl halides is 3. The molecule has 0 radical (unpaired) electrons. The van der Waals surface area contributed by atoms with Crippen molar-refractivity contribution in [2.24, 2.45) is 0 Å². The van der Waals surface area contributed by atoms with Gasteiger partial charge in [0.05, 0.1) is 30.3 Å². The molecule has 7 nitrogen and oxygen atoms in total. The summed E-state index contributed by atoms with van der Waals surface area (Å²) in [6.45, 7) is 5.76. The smallest absolute Gasteiger partial charge is 0.493 e. The van der Waals surface area contributed by atoms with Crippen molar-refractivity contribution in [3.63, 3.8) is 0 Å². The first kappa shape index (κ1) is 21.3. The summed E-state index contributed by atoms with van der Waals surface area (Å²) in [5.74, 6) is -0.748. The lowest BCUT2D eigenvalue weighted by atomic mass is 10.2. The molecule has 2 aromatic heterocycles. The van der Waals surface area contributed by atoms with E-state index >= 15 is 0 Å². The first-order chi connectivity index (χ1) is 14.2. The Balaban J connectivity index is 1.92. The van der Waals surface area contributed by atoms with E-state index in [0.717, 1.165) is 41.0 Å². The molecule has 0 amide bonds. The largest absolute Gasteiger partial charge is 0.573 e. The Hall–Kier alpha value is -3.43. The molecule has 30 heavy (non-hydrogen) atoms. The van der Waals surface area contributed by atoms with Crippen molar-refractivity contribution >= 4 is 5.69 Å². The number of aromatic nitrogens is 3. The normalized spacial score (nSPS) is 11.5. The van der Waals surface area contributed by atoms with Crippen molar-refractivity contribution in [1.82, 2.24) is 14.1 Å². The minimum atomic E-state index is -4.81. The van der Waals surface area contributed by atoms with Gasteiger partial charge in [-0.2, -0.15) is 0 Å². The van der Waals surface area contributed by atoms with E-state index < -0.39 is 17.8 Å². The number of hydrogen-bond acceptors (Lipinski definition) is 5. The fourth-order valence-corrected chi connectivity index (χ4v) is 3.21. The van der Waals surface area contributed by atoms with Crippen LogP contribution in [-0.4, -0.2) is 38.7 Å². The number of rotatable bonds is 7. The summed E-state index contributed by atoms with van der Waals surface area (Å²) < 4.78 is 43.1. The van der Waals surface area contributed by atoms with Gasteiger partial charge < -0.3 is 14.7 Å². The van der Waals surface area contributed by atoms with Gasteiger partial charge in [0.2, 0.25) is 5.88 Å². The van der Waals surface area contributed by atoms with Crippen molar-refractivity contribution in [2.45, 2.75) is 26.8 Å². The van der Waals surface area contributed by atoms with E-state index in [2.05, 4.69) is 14.6 Å². The fraction of sp³-hybridized carbons (Fsp3) is 0.300. The zero-order valence-electron chi connectivity index (χ0n) is 16.4. The molecule has 3 rings (SSSR count). The number of pyridine rings is 1. The highest BCUT2D eigenvalue weighted by Gasteiger charge is 2.31. The summed E-state index contributed by atoms with van der Waals surface area (Å²) in [5, 5.41) is 10.3. The molecule has 0 aliphatic carbocycles. The van der Waals surface area contributed by atoms with Gasteiger partial charge in [0, 0.05) is 19.3 Å². The number of hydrogen-bond donors (Lipinski definition) is 1. The highest BCUT2D eigenvalue weighted by Crippen LogP contribution is 2.25. The summed E-state index contributed by atoms with van der Waals surface area (Å²) in [6.07, 6.45) is -0.168. The van der Waals surface area contributed by atoms with Crippen LogP contribution >= 0.6 is 0 Å². The quantitative estimate of drug-likeness (QED) is 0.631. The molecule has 0 aliphatic rings. The Morgan fingerprint density at radius 2 is 1.80 bits per heavy atom. The predicted octanol–water partition coefficient (Wildman–Crippen LogP) is 3.53. The van der Waals surface area contributed by atoms with Gasteiger partial charge in [-0.1, -0.05) is 0 Å². The van der Waals surface area contributed by atoms with Crippen LogP contribution in [0.4, 0.5) is 18.9 Å². The lowest BCUT2D eigenvalue weighted by molar-refractivity contribution is -0.274. The second-order valence-corrected chi connectivity index (χ2v) is 6.45. The van der Waals surface area contributed by atoms with Gasteiger partial charge in [-0.15, -0.1) is 13.2 Å². The second kappa shape index (κ2) is 8.52. The maximum atomic E-state index is 12.9. The third kappa shape index (κ3) is 4.58. The van der Waals surface area contributed by atoms with Gasteiger partial charge in [-0.3, -0.25) is 9.55 Å². The molecule has 0 unspecified atom stereocenters. The summed E-state index contributed by atoms with van der Waals surface area (Å²) in [5.41, 5.74) is 1.42. The number of aromatic hydroxyl groups is 1. The summed E-state index contributed by atoms with van der Waals surface area (Å²) in [4.78, 5) is 19.1. The van der Waals surface area contributed by atoms with Crippen molar-refractivity contribution in [1.29, 1.82) is 0 Å². The van der Waals surface area contributed by atoms with Crippen LogP contribution in [0.25, 0.3) is 5.69 Å². The van der Waals surface area contributed by atoms with Crippen LogP contribution in [0.5, 0.6) is 11.6 Å². The van der Waals surface area contributed by atoms with Gasteiger partial charge in [0.1, 0.15) is 5.75 Å². The Labute approximate surface area is 170 Å². The summed E-state index contributed by atoms with van der Waals surface area (Å²) in [7, 11) is 0. The number of anilines is 1. The number of ether oxygens (including phenoxy) is 1. The van der Waals surface area contributed by atoms with Gasteiger partial charge in [0.25, 0.3) is 0 Å². The molecule has 160 valence electrons. The van der Waals surface area contributed by atoms with E-state index in [-0.39, 0.29) is 18.1 Å². The molecule has 0 atom stereocenters. The second-order valence-electron chi connectivity index (χ2n) is 6.45. The van der Waals surface area contributed by atoms with Crippen LogP contribution in [0.2, 0.25) is 0 Å². The standard InChI is InChI=1S/C20H21F3N4O3/c1-3-25(4-2)17-11-24-10-9-14(17)12-26-13-18(28)27(19(26)29)15-5-7-16(8-6-15)30-20(21,22)23/h5-11,13,28H,3-4,12H2,1-2H3. The zero-order valence-corrected chi connectivity index (χ0v) is 16.4. The maximum absolute atomic E-state index is 12.9. The minimum absolute atomic E-state index is 0.197. The molecule has 0 fully saturated rings. The summed E-state index contributed by atoms with van der Waals surface area (Å²) >= 11 is 0. The van der Waals surface area contributed by atoms with Crippen LogP contribution in [-0.2, 0) is 6.54 Å². The van der Waals surface area contributed by atoms with E-state index in [4.69, 9.17) is 0 Å². The Morgan fingerprint density at radius 1 is 1.13 bits per heavy atom. The number of imidazole rings is 1. The van der Waals surface area contributed by atoms with Crippen LogP contribution in [0, 0.1) is 0 Å². The molecule has 2 heterocycles. The van der Waals surface area contributed by atoms with Crippen LogP contribution in [0.1, 0.15) is 19.4 Å². The third-order valence-electron chi connectivity index (χ3n) is 4.60. The van der Waals surface area contributed by atoms with E-state index in [1.165, 1.54) is 22.9 Å². The van der Waals surface area contributed by atoms with E-state index in [0.29, 0.717) is 0 Å². The molecule has 1 aromatic carbocycles. The van der Waals surface area contributed by atoms with Gasteiger partial charge in [-0.05, 0) is 49.7 Å². The molecule has 3 aromatic rings. The van der Waals surface area contributed by atoms with Gasteiger partial charge in [-0.25, -0.2) is 9.36 Å². The Morgan fingerprint density at radius 3 is 2.40 bits per heavy atom. The molecule has 0 aliphatic heterocycles. The highest BCUT2D eigenvalue weighted by atomic mass is 19.4. The molecule has 0 saturated heterocycles. The van der Waals surface area contributed by atoms with Gasteiger partial charge >= 0.3 is 12.1 Å². The monoisotopic (exact) mass is 422 g/mol. The van der Waals surface area contributed by atoms with Crippen molar-refractivity contribution in [2.75, 3.05) is 18.0 Å². The van der Waals surface area contributed by atoms with Crippen molar-refractivity contribution < 1.29 is 23.0 Å². The molecular formula is C20H21F3N4O3. The Kier molecular flexibility index (Phi) is 6.04. The number of halogens is 3. The molecular weight excluding hydrogens is 401 g/mol. The third-order valence-corrected chi connectivity index (χ3v) is 4.60. The molecule has 0 saturated carbocycles. The van der Waals surface area contributed by atoms with Crippen LogP contribution in [0.15, 0.2) is 53.7 Å². The topological polar surface area (TPSA) is 72.5 Å². The summed E-state index contributed by atoms with van der Waals surface area (Å²) in [6, 6.07) is 6.49. The Bertz CT molecular complexity index is 1050. The lowest BCUT2D eigenvalue weighted by Gasteiger charge is -2.23. The lowest BCUT2D eigenvalue weighted by Crippen LogP contribution is -2.26. The molecule has 1 N–H and O–H groups in total. The average Bonchev–Trinajstić information content (AvgIpc) is 2.97. The maximum Gasteiger partial charge on any atom is 0.573 e. The average molecular weight is 422 g/mol.